The number of nitrogens with one attached hydrogen (secondary N) is 2. The van der Waals surface area contributed by atoms with Crippen molar-refractivity contribution < 1.29 is 26.5 Å². The Kier molecular flexibility index (Phi) is 9.72. The Hall–Kier alpha value is -5.86. The molecular weight excluding hydrogens is 674 g/mol. The maximum absolute atomic E-state index is 15.2. The molecule has 3 aromatic carbocycles. The molecule has 0 saturated heterocycles. The second kappa shape index (κ2) is 14.2. The predicted molar refractivity (Wildman–Crippen MR) is 191 cm³/mol. The number of pyridine rings is 1. The molecule has 0 saturated carbocycles. The number of hydrogen-bond donors (Lipinski definition) is 2. The zero-order valence-corrected chi connectivity index (χ0v) is 29.4. The van der Waals surface area contributed by atoms with E-state index in [-0.39, 0.29) is 28.4 Å². The topological polar surface area (TPSA) is 142 Å². The average molecular weight is 710 g/mol. The molecule has 3 heterocycles. The molecule has 0 unspecified atom stereocenters. The number of benzene rings is 3. The van der Waals surface area contributed by atoms with E-state index in [4.69, 9.17) is 14.0 Å². The zero-order chi connectivity index (χ0) is 36.3. The van der Waals surface area contributed by atoms with Crippen molar-refractivity contribution in [2.75, 3.05) is 10.6 Å². The maximum atomic E-state index is 15.2. The number of ether oxygens (including phenoxy) is 1. The number of carbonyl (C=O) groups excluding carboxylic acids is 1. The molecule has 0 radical (unpaired) electrons. The van der Waals surface area contributed by atoms with Crippen molar-refractivity contribution >= 4 is 27.7 Å². The van der Waals surface area contributed by atoms with Gasteiger partial charge in [-0.3, -0.25) is 19.2 Å². The summed E-state index contributed by atoms with van der Waals surface area (Å²) < 4.78 is 55.1. The van der Waals surface area contributed by atoms with Gasteiger partial charge in [0.15, 0.2) is 0 Å². The lowest BCUT2D eigenvalue weighted by Gasteiger charge is -2.14. The van der Waals surface area contributed by atoms with Crippen LogP contribution in [-0.2, 0) is 33.4 Å². The molecule has 0 aliphatic rings. The van der Waals surface area contributed by atoms with Crippen LogP contribution in [0.5, 0.6) is 11.5 Å². The van der Waals surface area contributed by atoms with Crippen molar-refractivity contribution in [3.63, 3.8) is 0 Å². The number of anilines is 2. The van der Waals surface area contributed by atoms with Gasteiger partial charge in [-0.25, -0.2) is 13.9 Å². The van der Waals surface area contributed by atoms with Gasteiger partial charge in [0, 0.05) is 48.6 Å². The van der Waals surface area contributed by atoms with Crippen molar-refractivity contribution in [3.8, 4) is 28.4 Å². The molecule has 12 nitrogen and oxygen atoms in total. The number of aryl methyl sites for hydroxylation is 2. The molecule has 262 valence electrons. The van der Waals surface area contributed by atoms with E-state index < -0.39 is 22.0 Å². The summed E-state index contributed by atoms with van der Waals surface area (Å²) in [6, 6.07) is 21.9. The van der Waals surface area contributed by atoms with E-state index in [1.54, 1.807) is 71.7 Å². The highest BCUT2D eigenvalue weighted by molar-refractivity contribution is 7.86. The summed E-state index contributed by atoms with van der Waals surface area (Å²) in [6.45, 7) is 7.59. The van der Waals surface area contributed by atoms with Gasteiger partial charge in [0.25, 0.3) is 10.1 Å². The largest absolute Gasteiger partial charge is 0.457 e. The highest BCUT2D eigenvalue weighted by Crippen LogP contribution is 2.30. The SMILES string of the molecule is Cc1ccc(S(=O)(=O)OCc2cccc(-n3nc(C(C)(C)C)cc3NC(=O)Nc3ccc(Oc4ccnc(-c5cnn(C)c5)c4)cc3F)c2)cc1. The van der Waals surface area contributed by atoms with Crippen molar-refractivity contribution in [1.82, 2.24) is 24.5 Å². The molecule has 51 heavy (non-hydrogen) atoms. The van der Waals surface area contributed by atoms with Gasteiger partial charge < -0.3 is 10.1 Å². The fraction of sp³-hybridized carbons (Fsp3) is 0.189. The third-order valence-electron chi connectivity index (χ3n) is 7.72. The van der Waals surface area contributed by atoms with Gasteiger partial charge in [0.1, 0.15) is 23.1 Å². The first-order chi connectivity index (χ1) is 24.2. The minimum atomic E-state index is -3.99. The van der Waals surface area contributed by atoms with Gasteiger partial charge in [-0.05, 0) is 55.0 Å². The summed E-state index contributed by atoms with van der Waals surface area (Å²) in [5, 5.41) is 14.2. The van der Waals surface area contributed by atoms with Crippen molar-refractivity contribution in [3.05, 3.63) is 126 Å². The summed E-state index contributed by atoms with van der Waals surface area (Å²) in [6.07, 6.45) is 5.10. The summed E-state index contributed by atoms with van der Waals surface area (Å²) in [4.78, 5) is 17.6. The molecular formula is C37H36FN7O5S. The Bertz CT molecular complexity index is 2310. The fourth-order valence-electron chi connectivity index (χ4n) is 4.98. The van der Waals surface area contributed by atoms with E-state index in [1.807, 2.05) is 40.9 Å². The minimum Gasteiger partial charge on any atom is -0.457 e. The Labute approximate surface area is 295 Å². The predicted octanol–water partition coefficient (Wildman–Crippen LogP) is 7.75. The Morgan fingerprint density at radius 3 is 2.41 bits per heavy atom. The molecule has 6 aromatic rings. The smallest absolute Gasteiger partial charge is 0.324 e. The lowest BCUT2D eigenvalue weighted by molar-refractivity contribution is 0.262. The van der Waals surface area contributed by atoms with Gasteiger partial charge >= 0.3 is 6.03 Å². The molecule has 0 atom stereocenters. The molecule has 0 aliphatic heterocycles. The summed E-state index contributed by atoms with van der Waals surface area (Å²) in [7, 11) is -2.18. The first-order valence-corrected chi connectivity index (χ1v) is 17.3. The number of nitrogens with zero attached hydrogens (tertiary/aromatic N) is 5. The number of rotatable bonds is 10. The van der Waals surface area contributed by atoms with Crippen molar-refractivity contribution in [2.45, 2.75) is 44.6 Å². The van der Waals surface area contributed by atoms with Crippen LogP contribution in [0.4, 0.5) is 20.7 Å². The monoisotopic (exact) mass is 709 g/mol. The van der Waals surface area contributed by atoms with Crippen molar-refractivity contribution in [2.24, 2.45) is 7.05 Å². The van der Waals surface area contributed by atoms with Gasteiger partial charge in [-0.15, -0.1) is 0 Å². The number of urea groups is 1. The molecule has 0 aliphatic carbocycles. The molecule has 2 amide bonds. The minimum absolute atomic E-state index is 0.0615. The van der Waals surface area contributed by atoms with Gasteiger partial charge in [-0.2, -0.15) is 18.6 Å². The molecule has 14 heteroatoms. The maximum Gasteiger partial charge on any atom is 0.324 e. The van der Waals surface area contributed by atoms with Crippen LogP contribution in [0.15, 0.2) is 108 Å². The lowest BCUT2D eigenvalue weighted by atomic mass is 9.92. The highest BCUT2D eigenvalue weighted by Gasteiger charge is 2.23. The standard InChI is InChI=1S/C37H36FN7O5S/c1-24-9-12-30(13-10-24)51(47,48)49-23-25-7-6-8-27(17-25)45-35(20-34(43-45)37(2,3)4)42-36(46)41-32-14-11-28(18-31(32)38)50-29-15-16-39-33(19-29)26-21-40-44(5)22-26/h6-22H,23H2,1-5H3,(H2,41,42,46). The van der Waals surface area contributed by atoms with Crippen LogP contribution >= 0.6 is 0 Å². The van der Waals surface area contributed by atoms with Crippen LogP contribution < -0.4 is 15.4 Å². The van der Waals surface area contributed by atoms with Crippen LogP contribution in [0.1, 0.15) is 37.6 Å². The number of hydrogen-bond acceptors (Lipinski definition) is 8. The quantitative estimate of drug-likeness (QED) is 0.138. The molecule has 0 bridgehead atoms. The van der Waals surface area contributed by atoms with Crippen LogP contribution in [0.2, 0.25) is 0 Å². The second-order valence-electron chi connectivity index (χ2n) is 12.9. The van der Waals surface area contributed by atoms with Crippen molar-refractivity contribution in [1.29, 1.82) is 0 Å². The third-order valence-corrected chi connectivity index (χ3v) is 9.00. The van der Waals surface area contributed by atoms with Crippen LogP contribution in [0.25, 0.3) is 16.9 Å². The van der Waals surface area contributed by atoms with Crippen LogP contribution in [0, 0.1) is 12.7 Å². The van der Waals surface area contributed by atoms with Crippen LogP contribution in [-0.4, -0.2) is 39.0 Å². The van der Waals surface area contributed by atoms with E-state index in [0.29, 0.717) is 34.2 Å². The average Bonchev–Trinajstić information content (AvgIpc) is 3.72. The van der Waals surface area contributed by atoms with E-state index in [0.717, 1.165) is 11.1 Å². The molecule has 3 aromatic heterocycles. The number of carbonyl (C=O) groups is 1. The number of aromatic nitrogens is 5. The Balaban J connectivity index is 1.16. The molecule has 0 spiro atoms. The zero-order valence-electron chi connectivity index (χ0n) is 28.6. The molecule has 6 rings (SSSR count). The molecule has 2 N–H and O–H groups in total. The molecule has 0 fully saturated rings. The van der Waals surface area contributed by atoms with E-state index in [9.17, 15) is 13.2 Å². The lowest BCUT2D eigenvalue weighted by Crippen LogP contribution is -2.22. The highest BCUT2D eigenvalue weighted by atomic mass is 32.2. The van der Waals surface area contributed by atoms with E-state index in [2.05, 4.69) is 20.7 Å². The summed E-state index contributed by atoms with van der Waals surface area (Å²) in [5.41, 5.74) is 3.73. The van der Waals surface area contributed by atoms with Gasteiger partial charge in [-0.1, -0.05) is 50.6 Å². The fourth-order valence-corrected chi connectivity index (χ4v) is 5.88. The van der Waals surface area contributed by atoms with E-state index in [1.165, 1.54) is 35.0 Å². The van der Waals surface area contributed by atoms with Gasteiger partial charge in [0.2, 0.25) is 0 Å². The Morgan fingerprint density at radius 1 is 0.941 bits per heavy atom. The van der Waals surface area contributed by atoms with E-state index >= 15 is 4.39 Å². The second-order valence-corrected chi connectivity index (χ2v) is 14.5. The third kappa shape index (κ3) is 8.48. The first kappa shape index (κ1) is 35.0. The first-order valence-electron chi connectivity index (χ1n) is 15.9. The van der Waals surface area contributed by atoms with Crippen LogP contribution in [0.3, 0.4) is 0 Å². The Morgan fingerprint density at radius 2 is 1.71 bits per heavy atom. The number of halogens is 1. The van der Waals surface area contributed by atoms with Gasteiger partial charge in [0.05, 0.1) is 40.5 Å². The normalized spacial score (nSPS) is 11.7. The number of amides is 2. The summed E-state index contributed by atoms with van der Waals surface area (Å²) in [5.74, 6) is 0.282. The summed E-state index contributed by atoms with van der Waals surface area (Å²) >= 11 is 0.